The molecule has 4 rings (SSSR count). The normalized spacial score (nSPS) is 12.3. The van der Waals surface area contributed by atoms with Gasteiger partial charge in [0.1, 0.15) is 0 Å². The smallest absolute Gasteiger partial charge is 0.0949 e. The van der Waals surface area contributed by atoms with Gasteiger partial charge < -0.3 is 9.88 Å². The van der Waals surface area contributed by atoms with Gasteiger partial charge in [0.05, 0.1) is 17.5 Å². The first-order valence-electron chi connectivity index (χ1n) is 8.90. The van der Waals surface area contributed by atoms with Crippen LogP contribution in [-0.2, 0) is 13.1 Å². The van der Waals surface area contributed by atoms with Crippen LogP contribution in [0, 0.1) is 0 Å². The molecule has 0 aliphatic rings. The third kappa shape index (κ3) is 3.81. The molecule has 0 amide bonds. The number of pyridine rings is 1. The van der Waals surface area contributed by atoms with Gasteiger partial charge >= 0.3 is 0 Å². The SMILES string of the molecule is C[C@@H](NCc1ccc(Cn2ccnc2)cc1)c1ccc2ccccc2n1. The van der Waals surface area contributed by atoms with Crippen molar-refractivity contribution in [1.29, 1.82) is 0 Å². The first-order chi connectivity index (χ1) is 12.8. The highest BCUT2D eigenvalue weighted by atomic mass is 15.0. The molecule has 0 bridgehead atoms. The summed E-state index contributed by atoms with van der Waals surface area (Å²) in [6.45, 7) is 3.83. The molecule has 4 nitrogen and oxygen atoms in total. The van der Waals surface area contributed by atoms with Gasteiger partial charge in [-0.1, -0.05) is 48.5 Å². The van der Waals surface area contributed by atoms with Gasteiger partial charge in [0.2, 0.25) is 0 Å². The van der Waals surface area contributed by atoms with E-state index in [0.29, 0.717) is 0 Å². The number of nitrogens with zero attached hydrogens (tertiary/aromatic N) is 3. The predicted octanol–water partition coefficient (Wildman–Crippen LogP) is 4.33. The maximum Gasteiger partial charge on any atom is 0.0949 e. The van der Waals surface area contributed by atoms with Crippen LogP contribution in [0.4, 0.5) is 0 Å². The molecule has 26 heavy (non-hydrogen) atoms. The highest BCUT2D eigenvalue weighted by molar-refractivity contribution is 5.78. The van der Waals surface area contributed by atoms with Crippen LogP contribution < -0.4 is 5.32 Å². The third-order valence-corrected chi connectivity index (χ3v) is 4.62. The van der Waals surface area contributed by atoms with Crippen molar-refractivity contribution in [2.45, 2.75) is 26.1 Å². The molecule has 4 heteroatoms. The molecule has 2 aromatic heterocycles. The monoisotopic (exact) mass is 342 g/mol. The van der Waals surface area contributed by atoms with E-state index in [1.807, 2.05) is 24.7 Å². The highest BCUT2D eigenvalue weighted by Crippen LogP contribution is 2.17. The fraction of sp³-hybridized carbons (Fsp3) is 0.182. The molecular weight excluding hydrogens is 320 g/mol. The van der Waals surface area contributed by atoms with Crippen LogP contribution in [0.5, 0.6) is 0 Å². The topological polar surface area (TPSA) is 42.7 Å². The maximum absolute atomic E-state index is 4.77. The zero-order valence-corrected chi connectivity index (χ0v) is 14.8. The first kappa shape index (κ1) is 16.5. The van der Waals surface area contributed by atoms with Gasteiger partial charge in [-0.3, -0.25) is 4.98 Å². The van der Waals surface area contributed by atoms with Crippen molar-refractivity contribution in [1.82, 2.24) is 19.9 Å². The Labute approximate surface area is 153 Å². The second-order valence-electron chi connectivity index (χ2n) is 6.58. The van der Waals surface area contributed by atoms with E-state index in [2.05, 4.69) is 70.3 Å². The van der Waals surface area contributed by atoms with Crippen LogP contribution in [0.2, 0.25) is 0 Å². The van der Waals surface area contributed by atoms with Crippen molar-refractivity contribution in [3.63, 3.8) is 0 Å². The lowest BCUT2D eigenvalue weighted by Crippen LogP contribution is -2.19. The summed E-state index contributed by atoms with van der Waals surface area (Å²) in [5.41, 5.74) is 4.66. The van der Waals surface area contributed by atoms with Gasteiger partial charge in [-0.25, -0.2) is 4.98 Å². The molecule has 0 spiro atoms. The van der Waals surface area contributed by atoms with E-state index in [1.165, 1.54) is 16.5 Å². The Morgan fingerprint density at radius 3 is 2.58 bits per heavy atom. The minimum Gasteiger partial charge on any atom is -0.333 e. The number of para-hydroxylation sites is 1. The summed E-state index contributed by atoms with van der Waals surface area (Å²) in [5.74, 6) is 0. The first-order valence-corrected chi connectivity index (χ1v) is 8.90. The summed E-state index contributed by atoms with van der Waals surface area (Å²) < 4.78 is 2.07. The molecule has 0 fully saturated rings. The predicted molar refractivity (Wildman–Crippen MR) is 105 cm³/mol. The molecule has 0 saturated heterocycles. The number of benzene rings is 2. The minimum atomic E-state index is 0.199. The van der Waals surface area contributed by atoms with Crippen molar-refractivity contribution in [3.05, 3.63) is 96.2 Å². The summed E-state index contributed by atoms with van der Waals surface area (Å²) in [4.78, 5) is 8.85. The molecule has 0 radical (unpaired) electrons. The van der Waals surface area contributed by atoms with Crippen molar-refractivity contribution in [2.24, 2.45) is 0 Å². The van der Waals surface area contributed by atoms with Crippen molar-refractivity contribution >= 4 is 10.9 Å². The third-order valence-electron chi connectivity index (χ3n) is 4.62. The molecule has 0 unspecified atom stereocenters. The Kier molecular flexibility index (Phi) is 4.75. The number of rotatable bonds is 6. The standard InChI is InChI=1S/C22H22N4/c1-17(21-11-10-20-4-2-3-5-22(20)25-21)24-14-18-6-8-19(9-7-18)15-26-13-12-23-16-26/h2-13,16-17,24H,14-15H2,1H3/t17-/m1/s1. The lowest BCUT2D eigenvalue weighted by molar-refractivity contribution is 0.563. The van der Waals surface area contributed by atoms with E-state index in [4.69, 9.17) is 4.98 Å². The molecule has 0 aliphatic carbocycles. The molecule has 4 aromatic rings. The van der Waals surface area contributed by atoms with E-state index in [9.17, 15) is 0 Å². The Morgan fingerprint density at radius 2 is 1.77 bits per heavy atom. The Balaban J connectivity index is 1.38. The van der Waals surface area contributed by atoms with Gasteiger partial charge in [-0.05, 0) is 30.2 Å². The van der Waals surface area contributed by atoms with Crippen molar-refractivity contribution < 1.29 is 0 Å². The molecule has 0 saturated carbocycles. The van der Waals surface area contributed by atoms with E-state index >= 15 is 0 Å². The fourth-order valence-electron chi connectivity index (χ4n) is 3.05. The minimum absolute atomic E-state index is 0.199. The van der Waals surface area contributed by atoms with Crippen LogP contribution in [0.1, 0.15) is 29.8 Å². The van der Waals surface area contributed by atoms with Crippen LogP contribution >= 0.6 is 0 Å². The molecule has 0 aliphatic heterocycles. The number of fused-ring (bicyclic) bond motifs is 1. The quantitative estimate of drug-likeness (QED) is 0.567. The molecule has 130 valence electrons. The van der Waals surface area contributed by atoms with Gasteiger partial charge in [-0.2, -0.15) is 0 Å². The zero-order valence-electron chi connectivity index (χ0n) is 14.8. The summed E-state index contributed by atoms with van der Waals surface area (Å²) in [6.07, 6.45) is 5.63. The van der Waals surface area contributed by atoms with E-state index in [1.54, 1.807) is 6.20 Å². The lowest BCUT2D eigenvalue weighted by Gasteiger charge is -2.14. The highest BCUT2D eigenvalue weighted by Gasteiger charge is 2.07. The number of nitrogens with one attached hydrogen (secondary N) is 1. The molecule has 2 heterocycles. The van der Waals surface area contributed by atoms with Crippen LogP contribution in [0.25, 0.3) is 10.9 Å². The molecule has 1 atom stereocenters. The average molecular weight is 342 g/mol. The summed E-state index contributed by atoms with van der Waals surface area (Å²) in [7, 11) is 0. The van der Waals surface area contributed by atoms with Crippen molar-refractivity contribution in [2.75, 3.05) is 0 Å². The van der Waals surface area contributed by atoms with Crippen LogP contribution in [-0.4, -0.2) is 14.5 Å². The lowest BCUT2D eigenvalue weighted by atomic mass is 10.1. The van der Waals surface area contributed by atoms with Crippen molar-refractivity contribution in [3.8, 4) is 0 Å². The second-order valence-corrected chi connectivity index (χ2v) is 6.58. The number of hydrogen-bond donors (Lipinski definition) is 1. The van der Waals surface area contributed by atoms with Gasteiger partial charge in [-0.15, -0.1) is 0 Å². The summed E-state index contributed by atoms with van der Waals surface area (Å²) in [6, 6.07) is 21.4. The zero-order chi connectivity index (χ0) is 17.8. The van der Waals surface area contributed by atoms with E-state index in [-0.39, 0.29) is 6.04 Å². The maximum atomic E-state index is 4.77. The van der Waals surface area contributed by atoms with Crippen LogP contribution in [0.3, 0.4) is 0 Å². The summed E-state index contributed by atoms with van der Waals surface area (Å²) in [5, 5.41) is 4.74. The Bertz CT molecular complexity index is 975. The Hall–Kier alpha value is -2.98. The van der Waals surface area contributed by atoms with Crippen LogP contribution in [0.15, 0.2) is 79.4 Å². The molecular formula is C22H22N4. The number of hydrogen-bond acceptors (Lipinski definition) is 3. The molecule has 1 N–H and O–H groups in total. The van der Waals surface area contributed by atoms with Gasteiger partial charge in [0.15, 0.2) is 0 Å². The number of imidazole rings is 1. The molecule has 2 aromatic carbocycles. The van der Waals surface area contributed by atoms with Gasteiger partial charge in [0.25, 0.3) is 0 Å². The van der Waals surface area contributed by atoms with E-state index < -0.39 is 0 Å². The largest absolute Gasteiger partial charge is 0.333 e. The number of aromatic nitrogens is 3. The second kappa shape index (κ2) is 7.50. The summed E-state index contributed by atoms with van der Waals surface area (Å²) >= 11 is 0. The average Bonchev–Trinajstić information content (AvgIpc) is 3.20. The van der Waals surface area contributed by atoms with Gasteiger partial charge in [0, 0.05) is 36.9 Å². The fourth-order valence-corrected chi connectivity index (χ4v) is 3.05. The Morgan fingerprint density at radius 1 is 0.962 bits per heavy atom. The van der Waals surface area contributed by atoms with E-state index in [0.717, 1.165) is 24.3 Å².